The van der Waals surface area contributed by atoms with Crippen molar-refractivity contribution in [2.45, 2.75) is 0 Å². The van der Waals surface area contributed by atoms with Crippen molar-refractivity contribution >= 4 is 73.8 Å². The van der Waals surface area contributed by atoms with Gasteiger partial charge in [0.25, 0.3) is 0 Å². The minimum absolute atomic E-state index is 0.0176. The third kappa shape index (κ3) is 2.68. The van der Waals surface area contributed by atoms with Crippen LogP contribution in [0.25, 0.3) is 21.9 Å². The lowest BCUT2D eigenvalue weighted by molar-refractivity contribution is 0.669. The van der Waals surface area contributed by atoms with E-state index in [1.54, 1.807) is 0 Å². The van der Waals surface area contributed by atoms with Crippen molar-refractivity contribution < 1.29 is 4.42 Å². The Hall–Kier alpha value is -4.64. The van der Waals surface area contributed by atoms with Crippen LogP contribution in [0.3, 0.4) is 0 Å². The van der Waals surface area contributed by atoms with Gasteiger partial charge in [0.1, 0.15) is 5.58 Å². The van der Waals surface area contributed by atoms with E-state index >= 15 is 0 Å². The Balaban J connectivity index is 1.51. The molecule has 0 bridgehead atoms. The number of hydrogen-bond acceptors (Lipinski definition) is 4. The molecule has 0 fully saturated rings. The van der Waals surface area contributed by atoms with Gasteiger partial charge in [-0.15, -0.1) is 0 Å². The second-order valence-corrected chi connectivity index (χ2v) is 9.91. The molecule has 176 valence electrons. The number of para-hydroxylation sites is 5. The summed E-state index contributed by atoms with van der Waals surface area (Å²) in [4.78, 5) is 7.12. The normalized spacial score (nSPS) is 14.0. The van der Waals surface area contributed by atoms with Gasteiger partial charge in [0.2, 0.25) is 0 Å². The molecule has 8 rings (SSSR count). The Morgan fingerprint density at radius 2 is 1.08 bits per heavy atom. The average Bonchev–Trinajstić information content (AvgIpc) is 3.34. The lowest BCUT2D eigenvalue weighted by Crippen LogP contribution is -2.60. The number of nitrogens with zero attached hydrogens (tertiary/aromatic N) is 3. The largest absolute Gasteiger partial charge is 0.454 e. The maximum atomic E-state index is 6.65. The van der Waals surface area contributed by atoms with Crippen LogP contribution in [0, 0.1) is 0 Å². The molecule has 2 aliphatic rings. The Morgan fingerprint density at radius 1 is 0.514 bits per heavy atom. The molecule has 5 aromatic carbocycles. The molecule has 6 aromatic rings. The van der Waals surface area contributed by atoms with E-state index in [0.29, 0.717) is 0 Å². The number of anilines is 6. The van der Waals surface area contributed by atoms with Gasteiger partial charge in [-0.2, -0.15) is 0 Å². The first-order valence-electron chi connectivity index (χ1n) is 12.7. The highest BCUT2D eigenvalue weighted by atomic mass is 16.3. The van der Waals surface area contributed by atoms with Gasteiger partial charge < -0.3 is 19.0 Å². The standard InChI is InChI=1S/C32H24BN3O/c1-34-25-14-6-4-12-23(25)33(24-13-5-7-15-26(24)34)36-28-17-9-8-16-27(28)35(2)29-20-19-22-21-11-3-10-18-30(21)37-32(22)31(29)36/h3-20H,1-2H3. The van der Waals surface area contributed by atoms with E-state index in [2.05, 4.69) is 132 Å². The summed E-state index contributed by atoms with van der Waals surface area (Å²) in [6.45, 7) is -0.0176. The molecule has 0 N–H and O–H groups in total. The predicted molar refractivity (Wildman–Crippen MR) is 156 cm³/mol. The first-order valence-corrected chi connectivity index (χ1v) is 12.7. The monoisotopic (exact) mass is 477 g/mol. The highest BCUT2D eigenvalue weighted by molar-refractivity contribution is 6.92. The van der Waals surface area contributed by atoms with Gasteiger partial charge >= 0.3 is 6.85 Å². The number of fused-ring (bicyclic) bond motifs is 8. The maximum absolute atomic E-state index is 6.65. The smallest absolute Gasteiger partial charge is 0.332 e. The van der Waals surface area contributed by atoms with Crippen LogP contribution in [-0.2, 0) is 0 Å². The van der Waals surface area contributed by atoms with Gasteiger partial charge in [-0.05, 0) is 53.4 Å². The molecule has 0 saturated carbocycles. The molecule has 0 amide bonds. The summed E-state index contributed by atoms with van der Waals surface area (Å²) in [7, 11) is 4.32. The molecule has 3 heterocycles. The quantitative estimate of drug-likeness (QED) is 0.246. The highest BCUT2D eigenvalue weighted by Gasteiger charge is 2.42. The van der Waals surface area contributed by atoms with Gasteiger partial charge in [-0.25, -0.2) is 0 Å². The zero-order chi connectivity index (χ0) is 24.7. The Morgan fingerprint density at radius 3 is 1.81 bits per heavy atom. The number of furan rings is 1. The lowest BCUT2D eigenvalue weighted by atomic mass is 9.46. The summed E-state index contributed by atoms with van der Waals surface area (Å²) in [5.41, 5.74) is 11.4. The van der Waals surface area contributed by atoms with Crippen molar-refractivity contribution in [3.63, 3.8) is 0 Å². The lowest BCUT2D eigenvalue weighted by Gasteiger charge is -2.45. The average molecular weight is 477 g/mol. The molecule has 0 atom stereocenters. The topological polar surface area (TPSA) is 22.9 Å². The Bertz CT molecular complexity index is 1810. The molecular weight excluding hydrogens is 453 g/mol. The molecule has 0 radical (unpaired) electrons. The fourth-order valence-electron chi connectivity index (χ4n) is 6.36. The van der Waals surface area contributed by atoms with Gasteiger partial charge in [0, 0.05) is 36.2 Å². The first kappa shape index (κ1) is 20.5. The van der Waals surface area contributed by atoms with Crippen molar-refractivity contribution in [3.8, 4) is 0 Å². The number of benzene rings is 5. The summed E-state index contributed by atoms with van der Waals surface area (Å²) in [5, 5.41) is 2.28. The minimum atomic E-state index is -0.0176. The van der Waals surface area contributed by atoms with Crippen LogP contribution < -0.4 is 25.5 Å². The van der Waals surface area contributed by atoms with Crippen LogP contribution >= 0.6 is 0 Å². The summed E-state index contributed by atoms with van der Waals surface area (Å²) in [6, 6.07) is 39.0. The van der Waals surface area contributed by atoms with Gasteiger partial charge in [-0.1, -0.05) is 66.7 Å². The zero-order valence-corrected chi connectivity index (χ0v) is 20.7. The van der Waals surface area contributed by atoms with Crippen LogP contribution in [0.1, 0.15) is 0 Å². The van der Waals surface area contributed by atoms with Crippen molar-refractivity contribution in [1.29, 1.82) is 0 Å². The molecule has 2 aliphatic heterocycles. The summed E-state index contributed by atoms with van der Waals surface area (Å²) >= 11 is 0. The van der Waals surface area contributed by atoms with Crippen LogP contribution in [0.15, 0.2) is 114 Å². The van der Waals surface area contributed by atoms with Gasteiger partial charge in [0.15, 0.2) is 5.58 Å². The van der Waals surface area contributed by atoms with Gasteiger partial charge in [-0.3, -0.25) is 0 Å². The first-order chi connectivity index (χ1) is 18.2. The SMILES string of the molecule is CN1c2ccccc2B(N2c3ccccc3N(C)c3ccc4c(oc5ccccc54)c32)c2ccccc21. The molecule has 0 saturated heterocycles. The second-order valence-electron chi connectivity index (χ2n) is 9.91. The Kier molecular flexibility index (Phi) is 4.13. The van der Waals surface area contributed by atoms with Crippen LogP contribution in [0.2, 0.25) is 0 Å². The van der Waals surface area contributed by atoms with Crippen molar-refractivity contribution in [3.05, 3.63) is 109 Å². The summed E-state index contributed by atoms with van der Waals surface area (Å²) in [6.07, 6.45) is 0. The second kappa shape index (κ2) is 7.44. The third-order valence-electron chi connectivity index (χ3n) is 8.05. The van der Waals surface area contributed by atoms with E-state index in [-0.39, 0.29) is 6.85 Å². The van der Waals surface area contributed by atoms with E-state index in [1.807, 2.05) is 6.07 Å². The van der Waals surface area contributed by atoms with Crippen molar-refractivity contribution in [1.82, 2.24) is 0 Å². The number of rotatable bonds is 1. The fourth-order valence-corrected chi connectivity index (χ4v) is 6.36. The molecule has 4 nitrogen and oxygen atoms in total. The number of hydrogen-bond donors (Lipinski definition) is 0. The predicted octanol–water partition coefficient (Wildman–Crippen LogP) is 6.69. The van der Waals surface area contributed by atoms with Crippen LogP contribution in [0.5, 0.6) is 0 Å². The molecule has 0 unspecified atom stereocenters. The molecular formula is C32H24BN3O. The van der Waals surface area contributed by atoms with Crippen molar-refractivity contribution in [2.75, 3.05) is 28.7 Å². The maximum Gasteiger partial charge on any atom is 0.332 e. The summed E-state index contributed by atoms with van der Waals surface area (Å²) < 4.78 is 6.65. The highest BCUT2D eigenvalue weighted by Crippen LogP contribution is 2.52. The molecule has 1 aromatic heterocycles. The van der Waals surface area contributed by atoms with E-state index in [4.69, 9.17) is 4.42 Å². The van der Waals surface area contributed by atoms with E-state index in [1.165, 1.54) is 33.7 Å². The fraction of sp³-hybridized carbons (Fsp3) is 0.0625. The van der Waals surface area contributed by atoms with E-state index in [0.717, 1.165) is 33.3 Å². The van der Waals surface area contributed by atoms with E-state index < -0.39 is 0 Å². The van der Waals surface area contributed by atoms with Crippen LogP contribution in [-0.4, -0.2) is 20.9 Å². The third-order valence-corrected chi connectivity index (χ3v) is 8.05. The molecule has 0 aliphatic carbocycles. The summed E-state index contributed by atoms with van der Waals surface area (Å²) in [5.74, 6) is 0. The van der Waals surface area contributed by atoms with Gasteiger partial charge in [0.05, 0.1) is 22.7 Å². The molecule has 5 heteroatoms. The Labute approximate surface area is 216 Å². The molecule has 37 heavy (non-hydrogen) atoms. The minimum Gasteiger partial charge on any atom is -0.454 e. The van der Waals surface area contributed by atoms with Crippen LogP contribution in [0.4, 0.5) is 34.1 Å². The van der Waals surface area contributed by atoms with E-state index in [9.17, 15) is 0 Å². The zero-order valence-electron chi connectivity index (χ0n) is 20.7. The van der Waals surface area contributed by atoms with Crippen molar-refractivity contribution in [2.24, 2.45) is 0 Å². The molecule has 0 spiro atoms.